The molecule has 0 spiro atoms. The van der Waals surface area contributed by atoms with Crippen molar-refractivity contribution in [2.24, 2.45) is 10.5 Å². The number of carbonyl (C=O) groups is 1. The fourth-order valence-electron chi connectivity index (χ4n) is 11.1. The first kappa shape index (κ1) is 52.6. The summed E-state index contributed by atoms with van der Waals surface area (Å²) < 4.78 is 17.9. The van der Waals surface area contributed by atoms with Crippen LogP contribution in [0, 0.1) is 5.41 Å². The van der Waals surface area contributed by atoms with Gasteiger partial charge < -0.3 is 19.5 Å². The van der Waals surface area contributed by atoms with Crippen molar-refractivity contribution in [3.05, 3.63) is 98.8 Å². The Morgan fingerprint density at radius 1 is 0.729 bits per heavy atom. The molecule has 1 N–H and O–H groups in total. The molecule has 70 heavy (non-hydrogen) atoms. The van der Waals surface area contributed by atoms with Crippen LogP contribution >= 0.6 is 7.92 Å². The maximum Gasteiger partial charge on any atom is 0.222 e. The summed E-state index contributed by atoms with van der Waals surface area (Å²) in [5.41, 5.74) is 19.1. The molecule has 0 bridgehead atoms. The van der Waals surface area contributed by atoms with Gasteiger partial charge in [-0.2, -0.15) is 0 Å². The summed E-state index contributed by atoms with van der Waals surface area (Å²) in [5, 5.41) is 10.2. The fraction of sp³-hybridized carbons (Fsp3) is 0.552. The number of carbonyl (C=O) groups excluding carboxylic acids is 1. The third-order valence-electron chi connectivity index (χ3n) is 14.8. The summed E-state index contributed by atoms with van der Waals surface area (Å²) in [6.07, 6.45) is 18.4. The van der Waals surface area contributed by atoms with Crippen molar-refractivity contribution in [2.75, 3.05) is 26.6 Å². The number of ketones is 1. The third-order valence-corrected chi connectivity index (χ3v) is 18.4. The zero-order valence-electron chi connectivity index (χ0n) is 44.3. The normalized spacial score (nSPS) is 16.5. The van der Waals surface area contributed by atoms with Gasteiger partial charge in [-0.1, -0.05) is 133 Å². The number of nitrogens with one attached hydrogen (secondary N) is 1. The summed E-state index contributed by atoms with van der Waals surface area (Å²) in [6.45, 7) is 21.9. The Morgan fingerprint density at radius 3 is 1.87 bits per heavy atom. The molecular formula is C58H78N7O4P. The van der Waals surface area contributed by atoms with Gasteiger partial charge >= 0.3 is 0 Å². The standard InChI is InChI=1S/C35H53O2P.C23H25N7O2/c1-23(2)26-21-29(24(3)4)33(30(22-26)25(5)6)34-31(36-7)19-20-32(37-8)35(34)38(27-15-11-9-12-16-27)28-17-13-10-14-18-28;1-22(2)9-17-13(18(31)10-22)6-7-19(27-17)28-20-8-14-15(11-25-20)21(32-5)26-12-16(14)23(3,4)29-30-24/h19-25,27-28H,9-18H2,1-8H3;6-8,11-12H,9-10H2,1-5H3,(H,25,27,28). The maximum absolute atomic E-state index is 12.4. The van der Waals surface area contributed by atoms with Crippen molar-refractivity contribution in [3.63, 3.8) is 0 Å². The largest absolute Gasteiger partial charge is 0.496 e. The molecule has 2 saturated carbocycles. The van der Waals surface area contributed by atoms with Gasteiger partial charge in [-0.25, -0.2) is 15.0 Å². The minimum atomic E-state index is -0.819. The van der Waals surface area contributed by atoms with Gasteiger partial charge in [0.15, 0.2) is 5.78 Å². The highest BCUT2D eigenvalue weighted by Crippen LogP contribution is 2.59. The summed E-state index contributed by atoms with van der Waals surface area (Å²) >= 11 is 0. The highest BCUT2D eigenvalue weighted by Gasteiger charge is 2.38. The molecule has 11 nitrogen and oxygen atoms in total. The van der Waals surface area contributed by atoms with E-state index in [-0.39, 0.29) is 19.1 Å². The van der Waals surface area contributed by atoms with Crippen LogP contribution in [0.4, 0.5) is 11.6 Å². The molecular weight excluding hydrogens is 890 g/mol. The number of benzene rings is 2. The lowest BCUT2D eigenvalue weighted by atomic mass is 9.76. The molecule has 3 aliphatic carbocycles. The van der Waals surface area contributed by atoms with Crippen LogP contribution in [0.3, 0.4) is 0 Å². The lowest BCUT2D eigenvalue weighted by molar-refractivity contribution is 0.0910. The van der Waals surface area contributed by atoms with E-state index in [0.29, 0.717) is 52.6 Å². The molecule has 0 atom stereocenters. The predicted octanol–water partition coefficient (Wildman–Crippen LogP) is 16.0. The second-order valence-corrected chi connectivity index (χ2v) is 24.7. The molecule has 0 amide bonds. The van der Waals surface area contributed by atoms with E-state index in [9.17, 15) is 4.79 Å². The molecule has 2 fully saturated rings. The zero-order chi connectivity index (χ0) is 50.5. The zero-order valence-corrected chi connectivity index (χ0v) is 45.2. The minimum absolute atomic E-state index is 0.109. The number of Topliss-reactive ketones (excluding diaryl/α,β-unsaturated/α-hetero) is 1. The first-order valence-electron chi connectivity index (χ1n) is 25.8. The van der Waals surface area contributed by atoms with E-state index in [1.165, 1.54) is 97.3 Å². The number of azide groups is 1. The van der Waals surface area contributed by atoms with Crippen LogP contribution in [-0.2, 0) is 12.0 Å². The van der Waals surface area contributed by atoms with E-state index in [1.807, 2.05) is 40.2 Å². The number of aromatic nitrogens is 3. The first-order chi connectivity index (χ1) is 33.4. The first-order valence-corrected chi connectivity index (χ1v) is 27.3. The van der Waals surface area contributed by atoms with E-state index in [2.05, 4.69) is 105 Å². The number of hydrogen-bond donors (Lipinski definition) is 1. The molecule has 8 rings (SSSR count). The van der Waals surface area contributed by atoms with Crippen molar-refractivity contribution in [2.45, 2.75) is 181 Å². The predicted molar refractivity (Wildman–Crippen MR) is 290 cm³/mol. The van der Waals surface area contributed by atoms with Gasteiger partial charge in [-0.3, -0.25) is 4.79 Å². The topological polar surface area (TPSA) is 144 Å². The van der Waals surface area contributed by atoms with Crippen LogP contribution in [-0.4, -0.2) is 53.4 Å². The second-order valence-electron chi connectivity index (χ2n) is 22.0. The van der Waals surface area contributed by atoms with Crippen molar-refractivity contribution < 1.29 is 19.0 Å². The summed E-state index contributed by atoms with van der Waals surface area (Å²) in [7, 11) is 4.93. The molecule has 2 aromatic carbocycles. The number of fused-ring (bicyclic) bond motifs is 2. The van der Waals surface area contributed by atoms with Gasteiger partial charge in [0, 0.05) is 40.2 Å². The van der Waals surface area contributed by atoms with Crippen LogP contribution in [0.15, 0.2) is 60.0 Å². The molecule has 3 aliphatic rings. The van der Waals surface area contributed by atoms with Crippen LogP contribution in [0.2, 0.25) is 0 Å². The van der Waals surface area contributed by atoms with Crippen molar-refractivity contribution in [1.82, 2.24) is 15.0 Å². The number of methoxy groups -OCH3 is 3. The Kier molecular flexibility index (Phi) is 16.9. The smallest absolute Gasteiger partial charge is 0.222 e. The van der Waals surface area contributed by atoms with E-state index >= 15 is 0 Å². The van der Waals surface area contributed by atoms with Gasteiger partial charge in [0.25, 0.3) is 0 Å². The number of nitrogens with zero attached hydrogens (tertiary/aromatic N) is 6. The van der Waals surface area contributed by atoms with E-state index in [4.69, 9.17) is 24.7 Å². The molecule has 3 aromatic heterocycles. The molecule has 374 valence electrons. The summed E-state index contributed by atoms with van der Waals surface area (Å²) in [4.78, 5) is 29.0. The highest BCUT2D eigenvalue weighted by atomic mass is 31.1. The maximum atomic E-state index is 12.4. The molecule has 0 aliphatic heterocycles. The average molecular weight is 968 g/mol. The van der Waals surface area contributed by atoms with Gasteiger partial charge in [0.2, 0.25) is 5.88 Å². The third kappa shape index (κ3) is 11.4. The molecule has 0 unspecified atom stereocenters. The molecule has 5 aromatic rings. The van der Waals surface area contributed by atoms with E-state index in [0.717, 1.165) is 45.9 Å². The SMILES string of the molecule is COc1ccc(OC)c(P(C2CCCCC2)C2CCCCC2)c1-c1c(C(C)C)cc(C(C)C)cc1C(C)C.COc1ncc(C(C)(C)N=[N+]=[N-])c2cc(Nc3ccc4c(n3)CC(C)(C)CC4=O)ncc12. The Labute approximate surface area is 419 Å². The Morgan fingerprint density at radius 2 is 1.33 bits per heavy atom. The fourth-order valence-corrected chi connectivity index (χ4v) is 15.2. The number of ether oxygens (including phenoxy) is 3. The number of anilines is 2. The van der Waals surface area contributed by atoms with Gasteiger partial charge in [-0.15, -0.1) is 0 Å². The number of hydrogen-bond acceptors (Lipinski definition) is 9. The summed E-state index contributed by atoms with van der Waals surface area (Å²) in [6, 6.07) is 14.9. The quantitative estimate of drug-likeness (QED) is 0.0501. The van der Waals surface area contributed by atoms with Gasteiger partial charge in [-0.05, 0) is 136 Å². The lowest BCUT2D eigenvalue weighted by Gasteiger charge is -2.41. The highest BCUT2D eigenvalue weighted by molar-refractivity contribution is 7.67. The Balaban J connectivity index is 0.000000209. The van der Waals surface area contributed by atoms with Crippen LogP contribution < -0.4 is 24.8 Å². The molecule has 0 saturated heterocycles. The number of pyridine rings is 3. The van der Waals surface area contributed by atoms with E-state index in [1.54, 1.807) is 25.6 Å². The van der Waals surface area contributed by atoms with Crippen LogP contribution in [0.1, 0.15) is 196 Å². The van der Waals surface area contributed by atoms with Gasteiger partial charge in [0.05, 0.1) is 37.9 Å². The lowest BCUT2D eigenvalue weighted by Crippen LogP contribution is -2.28. The van der Waals surface area contributed by atoms with E-state index < -0.39 is 5.54 Å². The average Bonchev–Trinajstić information content (AvgIpc) is 3.33. The van der Waals surface area contributed by atoms with Crippen LogP contribution in [0.5, 0.6) is 17.4 Å². The Hall–Kier alpha value is -5.24. The second kappa shape index (κ2) is 22.5. The van der Waals surface area contributed by atoms with Gasteiger partial charge in [0.1, 0.15) is 23.1 Å². The van der Waals surface area contributed by atoms with Crippen LogP contribution in [0.25, 0.3) is 32.3 Å². The molecule has 0 radical (unpaired) electrons. The van der Waals surface area contributed by atoms with Crippen molar-refractivity contribution in [1.29, 1.82) is 0 Å². The monoisotopic (exact) mass is 968 g/mol. The summed E-state index contributed by atoms with van der Waals surface area (Å²) in [5.74, 6) is 5.24. The molecule has 12 heteroatoms. The van der Waals surface area contributed by atoms with Crippen molar-refractivity contribution >= 4 is 41.4 Å². The van der Waals surface area contributed by atoms with Crippen molar-refractivity contribution in [3.8, 4) is 28.5 Å². The number of rotatable bonds is 14. The Bertz CT molecular complexity index is 2670. The minimum Gasteiger partial charge on any atom is -0.496 e. The molecule has 3 heterocycles.